The fourth-order valence-electron chi connectivity index (χ4n) is 2.40. The van der Waals surface area contributed by atoms with E-state index in [9.17, 15) is 0 Å². The van der Waals surface area contributed by atoms with Crippen LogP contribution in [0.3, 0.4) is 0 Å². The van der Waals surface area contributed by atoms with Gasteiger partial charge in [0.1, 0.15) is 0 Å². The highest BCUT2D eigenvalue weighted by Crippen LogP contribution is 2.20. The van der Waals surface area contributed by atoms with Crippen molar-refractivity contribution < 1.29 is 0 Å². The Morgan fingerprint density at radius 1 is 1.35 bits per heavy atom. The van der Waals surface area contributed by atoms with E-state index in [1.807, 2.05) is 0 Å². The molecule has 1 aromatic rings. The van der Waals surface area contributed by atoms with Crippen LogP contribution in [0, 0.1) is 0 Å². The molecule has 2 nitrogen and oxygen atoms in total. The highest BCUT2D eigenvalue weighted by atomic mass is 79.9. The number of rotatable bonds is 3. The molecule has 1 atom stereocenters. The Balaban J connectivity index is 0.00000144. The van der Waals surface area contributed by atoms with Gasteiger partial charge in [0.15, 0.2) is 0 Å². The minimum Gasteiger partial charge on any atom is -0.329 e. The van der Waals surface area contributed by atoms with Crippen LogP contribution in [0.5, 0.6) is 0 Å². The summed E-state index contributed by atoms with van der Waals surface area (Å²) in [6.45, 7) is 3.00. The normalized spacial score (nSPS) is 20.9. The Morgan fingerprint density at radius 2 is 2.18 bits per heavy atom. The standard InChI is InChI=1S/C13H19BrN2.ClH/c14-12-5-3-4-11(8-12)10-16-7-2-1-6-13(16)9-15;/h3-5,8,13H,1-2,6-7,9-10,15H2;1H. The lowest BCUT2D eigenvalue weighted by atomic mass is 10.0. The third kappa shape index (κ3) is 4.25. The Bertz CT molecular complexity index is 346. The molecule has 0 saturated carbocycles. The number of nitrogens with zero attached hydrogens (tertiary/aromatic N) is 1. The number of hydrogen-bond donors (Lipinski definition) is 1. The summed E-state index contributed by atoms with van der Waals surface area (Å²) >= 11 is 3.52. The van der Waals surface area contributed by atoms with Crippen molar-refractivity contribution in [3.63, 3.8) is 0 Å². The first-order chi connectivity index (χ1) is 7.79. The average molecular weight is 320 g/mol. The van der Waals surface area contributed by atoms with Crippen LogP contribution in [0.2, 0.25) is 0 Å². The van der Waals surface area contributed by atoms with Crippen LogP contribution in [0.1, 0.15) is 24.8 Å². The van der Waals surface area contributed by atoms with E-state index < -0.39 is 0 Å². The van der Waals surface area contributed by atoms with E-state index in [4.69, 9.17) is 5.73 Å². The van der Waals surface area contributed by atoms with E-state index in [1.54, 1.807) is 0 Å². The van der Waals surface area contributed by atoms with Crippen LogP contribution >= 0.6 is 28.3 Å². The average Bonchev–Trinajstić information content (AvgIpc) is 2.30. The largest absolute Gasteiger partial charge is 0.329 e. The van der Waals surface area contributed by atoms with E-state index in [0.717, 1.165) is 17.6 Å². The summed E-state index contributed by atoms with van der Waals surface area (Å²) in [5.74, 6) is 0. The predicted octanol–water partition coefficient (Wildman–Crippen LogP) is 3.18. The SMILES string of the molecule is Cl.NCC1CCCCN1Cc1cccc(Br)c1. The summed E-state index contributed by atoms with van der Waals surface area (Å²) in [6.07, 6.45) is 3.89. The minimum atomic E-state index is 0. The maximum atomic E-state index is 5.83. The molecular formula is C13H20BrClN2. The Hall–Kier alpha value is -0.0900. The lowest BCUT2D eigenvalue weighted by Gasteiger charge is -2.35. The zero-order chi connectivity index (χ0) is 11.4. The third-order valence-corrected chi connectivity index (χ3v) is 3.79. The fraction of sp³-hybridized carbons (Fsp3) is 0.538. The van der Waals surface area contributed by atoms with E-state index in [0.29, 0.717) is 6.04 Å². The molecule has 1 saturated heterocycles. The van der Waals surface area contributed by atoms with Crippen molar-refractivity contribution >= 4 is 28.3 Å². The van der Waals surface area contributed by atoms with Crippen molar-refractivity contribution in [1.82, 2.24) is 4.90 Å². The maximum Gasteiger partial charge on any atom is 0.0237 e. The summed E-state index contributed by atoms with van der Waals surface area (Å²) in [4.78, 5) is 2.52. The van der Waals surface area contributed by atoms with Gasteiger partial charge in [-0.25, -0.2) is 0 Å². The maximum absolute atomic E-state index is 5.83. The van der Waals surface area contributed by atoms with E-state index >= 15 is 0 Å². The lowest BCUT2D eigenvalue weighted by molar-refractivity contribution is 0.145. The van der Waals surface area contributed by atoms with Gasteiger partial charge in [-0.15, -0.1) is 12.4 Å². The molecule has 17 heavy (non-hydrogen) atoms. The van der Waals surface area contributed by atoms with Crippen LogP contribution in [-0.2, 0) is 6.54 Å². The number of halogens is 2. The monoisotopic (exact) mass is 318 g/mol. The van der Waals surface area contributed by atoms with Crippen LogP contribution in [-0.4, -0.2) is 24.0 Å². The van der Waals surface area contributed by atoms with Gasteiger partial charge in [0.2, 0.25) is 0 Å². The molecular weight excluding hydrogens is 300 g/mol. The smallest absolute Gasteiger partial charge is 0.0237 e. The Labute approximate surface area is 118 Å². The van der Waals surface area contributed by atoms with Crippen LogP contribution in [0.25, 0.3) is 0 Å². The van der Waals surface area contributed by atoms with Crippen LogP contribution < -0.4 is 5.73 Å². The highest BCUT2D eigenvalue weighted by molar-refractivity contribution is 9.10. The molecule has 1 aliphatic rings. The molecule has 1 aromatic carbocycles. The molecule has 0 amide bonds. The van der Waals surface area contributed by atoms with Gasteiger partial charge in [0, 0.05) is 23.6 Å². The summed E-state index contributed by atoms with van der Waals surface area (Å²) in [7, 11) is 0. The van der Waals surface area contributed by atoms with Crippen LogP contribution in [0.15, 0.2) is 28.7 Å². The molecule has 1 unspecified atom stereocenters. The first-order valence-electron chi connectivity index (χ1n) is 5.98. The lowest BCUT2D eigenvalue weighted by Crippen LogP contribution is -2.43. The van der Waals surface area contributed by atoms with Crippen molar-refractivity contribution in [2.75, 3.05) is 13.1 Å². The number of piperidine rings is 1. The molecule has 0 radical (unpaired) electrons. The van der Waals surface area contributed by atoms with Crippen molar-refractivity contribution in [2.45, 2.75) is 31.8 Å². The van der Waals surface area contributed by atoms with Gasteiger partial charge in [-0.05, 0) is 37.1 Å². The summed E-state index contributed by atoms with van der Waals surface area (Å²) < 4.78 is 1.16. The van der Waals surface area contributed by atoms with Crippen molar-refractivity contribution in [1.29, 1.82) is 0 Å². The second kappa shape index (κ2) is 7.37. The molecule has 2 N–H and O–H groups in total. The van der Waals surface area contributed by atoms with Gasteiger partial charge in [0.05, 0.1) is 0 Å². The quantitative estimate of drug-likeness (QED) is 0.927. The van der Waals surface area contributed by atoms with Crippen molar-refractivity contribution in [2.24, 2.45) is 5.73 Å². The molecule has 1 heterocycles. The van der Waals surface area contributed by atoms with E-state index in [-0.39, 0.29) is 12.4 Å². The van der Waals surface area contributed by atoms with Gasteiger partial charge < -0.3 is 5.73 Å². The Kier molecular flexibility index (Phi) is 6.49. The third-order valence-electron chi connectivity index (χ3n) is 3.30. The second-order valence-corrected chi connectivity index (χ2v) is 5.40. The van der Waals surface area contributed by atoms with Gasteiger partial charge in [-0.2, -0.15) is 0 Å². The van der Waals surface area contributed by atoms with Gasteiger partial charge in [0.25, 0.3) is 0 Å². The molecule has 1 fully saturated rings. The highest BCUT2D eigenvalue weighted by Gasteiger charge is 2.20. The topological polar surface area (TPSA) is 29.3 Å². The van der Waals surface area contributed by atoms with Crippen molar-refractivity contribution in [3.8, 4) is 0 Å². The second-order valence-electron chi connectivity index (χ2n) is 4.49. The van der Waals surface area contributed by atoms with Crippen molar-refractivity contribution in [3.05, 3.63) is 34.3 Å². The fourth-order valence-corrected chi connectivity index (χ4v) is 2.85. The summed E-state index contributed by atoms with van der Waals surface area (Å²) in [5, 5.41) is 0. The molecule has 0 spiro atoms. The summed E-state index contributed by atoms with van der Waals surface area (Å²) in [6, 6.07) is 9.13. The molecule has 0 bridgehead atoms. The van der Waals surface area contributed by atoms with Gasteiger partial charge >= 0.3 is 0 Å². The number of likely N-dealkylation sites (tertiary alicyclic amines) is 1. The number of hydrogen-bond acceptors (Lipinski definition) is 2. The summed E-state index contributed by atoms with van der Waals surface area (Å²) in [5.41, 5.74) is 7.20. The molecule has 96 valence electrons. The minimum absolute atomic E-state index is 0. The zero-order valence-electron chi connectivity index (χ0n) is 9.94. The molecule has 0 aromatic heterocycles. The van der Waals surface area contributed by atoms with Gasteiger partial charge in [-0.3, -0.25) is 4.90 Å². The van der Waals surface area contributed by atoms with E-state index in [2.05, 4.69) is 45.1 Å². The van der Waals surface area contributed by atoms with Gasteiger partial charge in [-0.1, -0.05) is 34.5 Å². The Morgan fingerprint density at radius 3 is 2.88 bits per heavy atom. The van der Waals surface area contributed by atoms with Crippen LogP contribution in [0.4, 0.5) is 0 Å². The molecule has 1 aliphatic heterocycles. The predicted molar refractivity (Wildman–Crippen MR) is 78.5 cm³/mol. The van der Waals surface area contributed by atoms with E-state index in [1.165, 1.54) is 31.4 Å². The molecule has 4 heteroatoms. The first kappa shape index (κ1) is 15.0. The number of nitrogens with two attached hydrogens (primary N) is 1. The first-order valence-corrected chi connectivity index (χ1v) is 6.77. The number of benzene rings is 1. The molecule has 2 rings (SSSR count). The zero-order valence-corrected chi connectivity index (χ0v) is 12.3. The molecule has 0 aliphatic carbocycles.